The lowest BCUT2D eigenvalue weighted by Gasteiger charge is -1.78. The van der Waals surface area contributed by atoms with Crippen LogP contribution in [0, 0.1) is 0 Å². The molecule has 3 heteroatoms. The highest BCUT2D eigenvalue weighted by atomic mass is 32.2. The second kappa shape index (κ2) is 3.74. The maximum absolute atomic E-state index is 9.56. The molecule has 0 fully saturated rings. The topological polar surface area (TPSA) is 37.0 Å². The van der Waals surface area contributed by atoms with Crippen molar-refractivity contribution in [2.75, 3.05) is 5.75 Å². The Kier molecular flexibility index (Phi) is 3.50. The molecule has 0 spiro atoms. The van der Waals surface area contributed by atoms with E-state index in [9.17, 15) is 9.90 Å². The molecule has 0 atom stereocenters. The van der Waals surface area contributed by atoms with Crippen molar-refractivity contribution in [1.82, 2.24) is 0 Å². The molecule has 1 radical (unpaired) electrons. The predicted octanol–water partition coefficient (Wildman–Crippen LogP) is 1.46. The van der Waals surface area contributed by atoms with Crippen molar-refractivity contribution in [1.29, 1.82) is 0 Å². The lowest BCUT2D eigenvalue weighted by molar-refractivity contribution is 0.199. The van der Waals surface area contributed by atoms with Gasteiger partial charge in [0.05, 0.1) is 0 Å². The van der Waals surface area contributed by atoms with Gasteiger partial charge in [0.2, 0.25) is 0 Å². The maximum Gasteiger partial charge on any atom is 0.413 e. The van der Waals surface area contributed by atoms with Crippen LogP contribution in [0.15, 0.2) is 12.7 Å². The summed E-state index contributed by atoms with van der Waals surface area (Å²) < 4.78 is 0. The summed E-state index contributed by atoms with van der Waals surface area (Å²) >= 11 is 0.719. The smallest absolute Gasteiger partial charge is 0.234 e. The average molecular weight is 117 g/mol. The molecular formula is C4H5O2S. The number of carbonyl (C=O) groups is 1. The molecule has 0 rings (SSSR count). The van der Waals surface area contributed by atoms with Gasteiger partial charge in [-0.15, -0.1) is 6.58 Å². The molecular weight excluding hydrogens is 112 g/mol. The Morgan fingerprint density at radius 3 is 2.57 bits per heavy atom. The SMILES string of the molecule is C=CCSC([O])=O. The molecule has 39 valence electrons. The molecule has 0 heterocycles. The van der Waals surface area contributed by atoms with E-state index < -0.39 is 5.30 Å². The zero-order valence-electron chi connectivity index (χ0n) is 3.72. The van der Waals surface area contributed by atoms with Gasteiger partial charge in [0, 0.05) is 5.75 Å². The number of thioether (sulfide) groups is 1. The van der Waals surface area contributed by atoms with Crippen molar-refractivity contribution in [3.8, 4) is 0 Å². The lowest BCUT2D eigenvalue weighted by Crippen LogP contribution is -1.79. The molecule has 0 unspecified atom stereocenters. The summed E-state index contributed by atoms with van der Waals surface area (Å²) in [5.74, 6) is 0.419. The fraction of sp³-hybridized carbons (Fsp3) is 0.250. The average Bonchev–Trinajstić information content (AvgIpc) is 1.61. The minimum atomic E-state index is -1.10. The zero-order chi connectivity index (χ0) is 5.70. The van der Waals surface area contributed by atoms with Gasteiger partial charge in [-0.05, 0) is 11.8 Å². The minimum Gasteiger partial charge on any atom is -0.234 e. The molecule has 0 amide bonds. The third kappa shape index (κ3) is 5.56. The van der Waals surface area contributed by atoms with Gasteiger partial charge in [-0.1, -0.05) is 6.08 Å². The number of hydrogen-bond donors (Lipinski definition) is 0. The van der Waals surface area contributed by atoms with Crippen molar-refractivity contribution >= 4 is 17.1 Å². The van der Waals surface area contributed by atoms with Gasteiger partial charge in [0.1, 0.15) is 0 Å². The van der Waals surface area contributed by atoms with Crippen molar-refractivity contribution in [3.63, 3.8) is 0 Å². The number of carbonyl (C=O) groups excluding carboxylic acids is 1. The van der Waals surface area contributed by atoms with Crippen molar-refractivity contribution in [2.45, 2.75) is 0 Å². The third-order valence-electron chi connectivity index (χ3n) is 0.319. The van der Waals surface area contributed by atoms with Crippen LogP contribution in [-0.4, -0.2) is 11.1 Å². The predicted molar refractivity (Wildman–Crippen MR) is 28.7 cm³/mol. The van der Waals surface area contributed by atoms with Crippen LogP contribution in [0.25, 0.3) is 0 Å². The normalized spacial score (nSPS) is 8.00. The van der Waals surface area contributed by atoms with Crippen LogP contribution in [0.5, 0.6) is 0 Å². The summed E-state index contributed by atoms with van der Waals surface area (Å²) in [4.78, 5) is 9.56. The first-order valence-electron chi connectivity index (χ1n) is 1.72. The van der Waals surface area contributed by atoms with Gasteiger partial charge in [0.25, 0.3) is 0 Å². The van der Waals surface area contributed by atoms with Crippen LogP contribution in [-0.2, 0) is 5.11 Å². The van der Waals surface area contributed by atoms with E-state index in [2.05, 4.69) is 6.58 Å². The Labute approximate surface area is 46.2 Å². The maximum atomic E-state index is 9.56. The molecule has 7 heavy (non-hydrogen) atoms. The third-order valence-corrected chi connectivity index (χ3v) is 0.957. The zero-order valence-corrected chi connectivity index (χ0v) is 4.53. The van der Waals surface area contributed by atoms with Gasteiger partial charge in [-0.25, -0.2) is 9.90 Å². The van der Waals surface area contributed by atoms with E-state index in [4.69, 9.17) is 0 Å². The highest BCUT2D eigenvalue weighted by Gasteiger charge is 1.93. The van der Waals surface area contributed by atoms with Crippen molar-refractivity contribution < 1.29 is 9.90 Å². The van der Waals surface area contributed by atoms with E-state index >= 15 is 0 Å². The van der Waals surface area contributed by atoms with E-state index in [0.29, 0.717) is 5.75 Å². The number of hydrogen-bond acceptors (Lipinski definition) is 2. The first-order chi connectivity index (χ1) is 3.27. The summed E-state index contributed by atoms with van der Waals surface area (Å²) in [6.45, 7) is 3.32. The fourth-order valence-electron chi connectivity index (χ4n) is 0.127. The summed E-state index contributed by atoms with van der Waals surface area (Å²) in [6.07, 6.45) is 1.51. The second-order valence-electron chi connectivity index (χ2n) is 0.850. The van der Waals surface area contributed by atoms with E-state index in [1.807, 2.05) is 0 Å². The molecule has 0 aliphatic heterocycles. The Bertz CT molecular complexity index is 79.8. The van der Waals surface area contributed by atoms with E-state index in [1.54, 1.807) is 0 Å². The van der Waals surface area contributed by atoms with Gasteiger partial charge < -0.3 is 0 Å². The van der Waals surface area contributed by atoms with Crippen molar-refractivity contribution in [3.05, 3.63) is 12.7 Å². The van der Waals surface area contributed by atoms with E-state index in [-0.39, 0.29) is 0 Å². The Hall–Kier alpha value is -0.440. The quantitative estimate of drug-likeness (QED) is 0.513. The van der Waals surface area contributed by atoms with Crippen molar-refractivity contribution in [2.24, 2.45) is 0 Å². The minimum absolute atomic E-state index is 0.419. The molecule has 0 bridgehead atoms. The summed E-state index contributed by atoms with van der Waals surface area (Å²) in [6, 6.07) is 0. The Balaban J connectivity index is 2.97. The molecule has 0 saturated heterocycles. The molecule has 2 nitrogen and oxygen atoms in total. The lowest BCUT2D eigenvalue weighted by atomic mass is 10.8. The molecule has 0 saturated carbocycles. The Morgan fingerprint density at radius 1 is 1.86 bits per heavy atom. The largest absolute Gasteiger partial charge is 0.413 e. The monoisotopic (exact) mass is 117 g/mol. The molecule has 0 aliphatic carbocycles. The van der Waals surface area contributed by atoms with E-state index in [1.165, 1.54) is 6.08 Å². The highest BCUT2D eigenvalue weighted by Crippen LogP contribution is 1.99. The van der Waals surface area contributed by atoms with Crippen LogP contribution in [0.3, 0.4) is 0 Å². The van der Waals surface area contributed by atoms with Gasteiger partial charge in [-0.3, -0.25) is 0 Å². The Morgan fingerprint density at radius 2 is 2.43 bits per heavy atom. The molecule has 0 aromatic carbocycles. The van der Waals surface area contributed by atoms with Gasteiger partial charge in [0.15, 0.2) is 0 Å². The fourth-order valence-corrected chi connectivity index (χ4v) is 0.381. The number of rotatable bonds is 2. The second-order valence-corrected chi connectivity index (χ2v) is 1.81. The van der Waals surface area contributed by atoms with Crippen LogP contribution >= 0.6 is 11.8 Å². The summed E-state index contributed by atoms with van der Waals surface area (Å²) in [5, 5.41) is 8.46. The first-order valence-corrected chi connectivity index (χ1v) is 2.70. The van der Waals surface area contributed by atoms with E-state index in [0.717, 1.165) is 11.8 Å². The van der Waals surface area contributed by atoms with Crippen LogP contribution in [0.2, 0.25) is 0 Å². The van der Waals surface area contributed by atoms with Gasteiger partial charge >= 0.3 is 5.30 Å². The standard InChI is InChI=1S/C4H5O2S/c1-2-3-7-4(5)6/h2H,1,3H2. The molecule has 0 aromatic rings. The highest BCUT2D eigenvalue weighted by molar-refractivity contribution is 8.13. The van der Waals surface area contributed by atoms with Crippen LogP contribution in [0.1, 0.15) is 0 Å². The van der Waals surface area contributed by atoms with Gasteiger partial charge in [-0.2, -0.15) is 0 Å². The summed E-state index contributed by atoms with van der Waals surface area (Å²) in [7, 11) is 0. The molecule has 0 N–H and O–H groups in total. The first kappa shape index (κ1) is 6.56. The van der Waals surface area contributed by atoms with Crippen LogP contribution in [0.4, 0.5) is 4.79 Å². The van der Waals surface area contributed by atoms with Crippen LogP contribution < -0.4 is 0 Å². The molecule has 0 aromatic heterocycles. The molecule has 0 aliphatic rings. The summed E-state index contributed by atoms with van der Waals surface area (Å²) in [5.41, 5.74) is 0.